The first-order valence-corrected chi connectivity index (χ1v) is 9.08. The van der Waals surface area contributed by atoms with Crippen molar-refractivity contribution in [2.75, 3.05) is 7.05 Å². The molecule has 2 aromatic rings. The summed E-state index contributed by atoms with van der Waals surface area (Å²) in [7, 11) is 1.75. The highest BCUT2D eigenvalue weighted by Crippen LogP contribution is 2.25. The number of imidazole rings is 1. The molecule has 0 aliphatic carbocycles. The predicted octanol–water partition coefficient (Wildman–Crippen LogP) is 4.89. The SMILES string of the molecule is CN=C(NCc1nccn1CC(C)C)NC(C)c1ccc(Cl)c(Cl)c1.I. The van der Waals surface area contributed by atoms with Crippen molar-refractivity contribution < 1.29 is 0 Å². The first kappa shape index (κ1) is 23.0. The fraction of sp³-hybridized carbons (Fsp3) is 0.444. The smallest absolute Gasteiger partial charge is 0.191 e. The van der Waals surface area contributed by atoms with Crippen LogP contribution >= 0.6 is 47.2 Å². The van der Waals surface area contributed by atoms with Crippen LogP contribution in [0.5, 0.6) is 0 Å². The number of guanidine groups is 1. The number of rotatable bonds is 6. The maximum atomic E-state index is 6.10. The van der Waals surface area contributed by atoms with Gasteiger partial charge in [0.15, 0.2) is 5.96 Å². The van der Waals surface area contributed by atoms with Gasteiger partial charge in [-0.25, -0.2) is 4.98 Å². The van der Waals surface area contributed by atoms with Gasteiger partial charge in [0, 0.05) is 26.0 Å². The van der Waals surface area contributed by atoms with Crippen molar-refractivity contribution >= 4 is 53.1 Å². The van der Waals surface area contributed by atoms with Crippen LogP contribution in [0.2, 0.25) is 10.0 Å². The van der Waals surface area contributed by atoms with Crippen LogP contribution in [0, 0.1) is 5.92 Å². The molecule has 0 bridgehead atoms. The second kappa shape index (κ2) is 11.0. The monoisotopic (exact) mass is 509 g/mol. The van der Waals surface area contributed by atoms with Gasteiger partial charge in [0.1, 0.15) is 5.82 Å². The van der Waals surface area contributed by atoms with Crippen molar-refractivity contribution in [3.8, 4) is 0 Å². The van der Waals surface area contributed by atoms with Crippen LogP contribution in [0.3, 0.4) is 0 Å². The Morgan fingerprint density at radius 3 is 2.58 bits per heavy atom. The van der Waals surface area contributed by atoms with Crippen LogP contribution in [0.15, 0.2) is 35.6 Å². The second-order valence-electron chi connectivity index (χ2n) is 6.36. The molecular weight excluding hydrogens is 484 g/mol. The summed E-state index contributed by atoms with van der Waals surface area (Å²) in [5.41, 5.74) is 1.04. The van der Waals surface area contributed by atoms with Crippen LogP contribution in [-0.4, -0.2) is 22.6 Å². The third kappa shape index (κ3) is 6.63. The molecule has 1 aromatic carbocycles. The van der Waals surface area contributed by atoms with Gasteiger partial charge in [0.2, 0.25) is 0 Å². The molecule has 8 heteroatoms. The number of nitrogens with one attached hydrogen (secondary N) is 2. The average Bonchev–Trinajstić information content (AvgIpc) is 3.00. The van der Waals surface area contributed by atoms with E-state index < -0.39 is 0 Å². The Balaban J connectivity index is 0.00000338. The molecule has 26 heavy (non-hydrogen) atoms. The van der Waals surface area contributed by atoms with E-state index in [-0.39, 0.29) is 30.0 Å². The fourth-order valence-electron chi connectivity index (χ4n) is 2.49. The molecule has 0 radical (unpaired) electrons. The number of hydrogen-bond acceptors (Lipinski definition) is 2. The highest BCUT2D eigenvalue weighted by molar-refractivity contribution is 14.0. The zero-order chi connectivity index (χ0) is 18.4. The molecule has 0 spiro atoms. The molecule has 0 aliphatic rings. The van der Waals surface area contributed by atoms with Gasteiger partial charge in [0.25, 0.3) is 0 Å². The molecule has 1 aromatic heterocycles. The van der Waals surface area contributed by atoms with Gasteiger partial charge in [-0.15, -0.1) is 24.0 Å². The average molecular weight is 510 g/mol. The summed E-state index contributed by atoms with van der Waals surface area (Å²) in [6, 6.07) is 5.66. The van der Waals surface area contributed by atoms with E-state index >= 15 is 0 Å². The molecule has 2 N–H and O–H groups in total. The van der Waals surface area contributed by atoms with Crippen molar-refractivity contribution in [3.05, 3.63) is 52.0 Å². The predicted molar refractivity (Wildman–Crippen MR) is 121 cm³/mol. The Morgan fingerprint density at radius 1 is 1.23 bits per heavy atom. The zero-order valence-electron chi connectivity index (χ0n) is 15.5. The van der Waals surface area contributed by atoms with Gasteiger partial charge < -0.3 is 15.2 Å². The maximum absolute atomic E-state index is 6.10. The number of nitrogens with zero attached hydrogens (tertiary/aromatic N) is 3. The van der Waals surface area contributed by atoms with Crippen LogP contribution in [0.25, 0.3) is 0 Å². The van der Waals surface area contributed by atoms with E-state index in [0.717, 1.165) is 17.9 Å². The van der Waals surface area contributed by atoms with Gasteiger partial charge in [-0.05, 0) is 30.5 Å². The highest BCUT2D eigenvalue weighted by Gasteiger charge is 2.11. The highest BCUT2D eigenvalue weighted by atomic mass is 127. The third-order valence-electron chi connectivity index (χ3n) is 3.80. The molecule has 5 nitrogen and oxygen atoms in total. The topological polar surface area (TPSA) is 54.2 Å². The van der Waals surface area contributed by atoms with Crippen LogP contribution in [0.1, 0.15) is 38.2 Å². The molecular formula is C18H26Cl2IN5. The summed E-state index contributed by atoms with van der Waals surface area (Å²) < 4.78 is 2.16. The lowest BCUT2D eigenvalue weighted by atomic mass is 10.1. The number of halogens is 3. The standard InChI is InChI=1S/C18H25Cl2N5.HI/c1-12(2)11-25-8-7-22-17(25)10-23-18(21-4)24-13(3)14-5-6-15(19)16(20)9-14;/h5-9,12-13H,10-11H2,1-4H3,(H2,21,23,24);1H. The van der Waals surface area contributed by atoms with Gasteiger partial charge in [0.05, 0.1) is 22.6 Å². The molecule has 0 amide bonds. The van der Waals surface area contributed by atoms with Crippen molar-refractivity contribution in [1.82, 2.24) is 20.2 Å². The molecule has 0 fully saturated rings. The van der Waals surface area contributed by atoms with E-state index in [4.69, 9.17) is 23.2 Å². The van der Waals surface area contributed by atoms with Gasteiger partial charge >= 0.3 is 0 Å². The zero-order valence-corrected chi connectivity index (χ0v) is 19.3. The lowest BCUT2D eigenvalue weighted by Crippen LogP contribution is -2.38. The quantitative estimate of drug-likeness (QED) is 0.331. The summed E-state index contributed by atoms with van der Waals surface area (Å²) >= 11 is 12.1. The number of aliphatic imine (C=N–C) groups is 1. The van der Waals surface area contributed by atoms with Crippen LogP contribution in [0.4, 0.5) is 0 Å². The van der Waals surface area contributed by atoms with Gasteiger partial charge in [-0.1, -0.05) is 43.1 Å². The Bertz CT molecular complexity index is 730. The number of benzene rings is 1. The molecule has 0 saturated heterocycles. The van der Waals surface area contributed by atoms with E-state index in [1.807, 2.05) is 31.5 Å². The first-order valence-electron chi connectivity index (χ1n) is 8.32. The summed E-state index contributed by atoms with van der Waals surface area (Å²) in [6.45, 7) is 7.98. The Morgan fingerprint density at radius 2 is 1.96 bits per heavy atom. The summed E-state index contributed by atoms with van der Waals surface area (Å²) in [6.07, 6.45) is 3.83. The minimum absolute atomic E-state index is 0. The van der Waals surface area contributed by atoms with E-state index in [0.29, 0.717) is 28.5 Å². The van der Waals surface area contributed by atoms with Crippen molar-refractivity contribution in [1.29, 1.82) is 0 Å². The maximum Gasteiger partial charge on any atom is 0.191 e. The van der Waals surface area contributed by atoms with Crippen LogP contribution < -0.4 is 10.6 Å². The van der Waals surface area contributed by atoms with Crippen LogP contribution in [-0.2, 0) is 13.1 Å². The Labute approximate surface area is 182 Å². The normalized spacial score (nSPS) is 12.7. The minimum atomic E-state index is 0. The van der Waals surface area contributed by atoms with E-state index in [2.05, 4.69) is 39.0 Å². The van der Waals surface area contributed by atoms with Gasteiger partial charge in [-0.2, -0.15) is 0 Å². The Kier molecular flexibility index (Phi) is 9.74. The number of aromatic nitrogens is 2. The summed E-state index contributed by atoms with van der Waals surface area (Å²) in [5.74, 6) is 2.26. The molecule has 1 heterocycles. The molecule has 0 saturated carbocycles. The lowest BCUT2D eigenvalue weighted by molar-refractivity contribution is 0.503. The first-order chi connectivity index (χ1) is 11.9. The molecule has 1 unspecified atom stereocenters. The van der Waals surface area contributed by atoms with Crippen molar-refractivity contribution in [2.24, 2.45) is 10.9 Å². The van der Waals surface area contributed by atoms with Gasteiger partial charge in [-0.3, -0.25) is 4.99 Å². The van der Waals surface area contributed by atoms with Crippen molar-refractivity contribution in [2.45, 2.75) is 39.9 Å². The van der Waals surface area contributed by atoms with E-state index in [9.17, 15) is 0 Å². The largest absolute Gasteiger partial charge is 0.350 e. The molecule has 1 atom stereocenters. The minimum Gasteiger partial charge on any atom is -0.350 e. The van der Waals surface area contributed by atoms with E-state index in [1.165, 1.54) is 0 Å². The summed E-state index contributed by atoms with van der Waals surface area (Å²) in [4.78, 5) is 8.70. The summed E-state index contributed by atoms with van der Waals surface area (Å²) in [5, 5.41) is 7.76. The fourth-order valence-corrected chi connectivity index (χ4v) is 2.80. The van der Waals surface area contributed by atoms with E-state index in [1.54, 1.807) is 13.1 Å². The second-order valence-corrected chi connectivity index (χ2v) is 7.17. The molecule has 0 aliphatic heterocycles. The Hall–Kier alpha value is -0.990. The molecule has 2 rings (SSSR count). The third-order valence-corrected chi connectivity index (χ3v) is 4.54. The molecule has 144 valence electrons. The van der Waals surface area contributed by atoms with Crippen molar-refractivity contribution in [3.63, 3.8) is 0 Å². The number of hydrogen-bond donors (Lipinski definition) is 2. The lowest BCUT2D eigenvalue weighted by Gasteiger charge is -2.19.